The predicted octanol–water partition coefficient (Wildman–Crippen LogP) is 1.68. The average Bonchev–Trinajstić information content (AvgIpc) is 2.39. The van der Waals surface area contributed by atoms with Crippen LogP contribution in [0, 0.1) is 0 Å². The quantitative estimate of drug-likeness (QED) is 0.747. The van der Waals surface area contributed by atoms with Crippen molar-refractivity contribution >= 4 is 11.5 Å². The first-order valence-corrected chi connectivity index (χ1v) is 5.91. The summed E-state index contributed by atoms with van der Waals surface area (Å²) < 4.78 is 0. The number of benzene rings is 1. The molecule has 0 radical (unpaired) electrons. The Balaban J connectivity index is 2.01. The Morgan fingerprint density at radius 3 is 2.67 bits per heavy atom. The molecule has 4 nitrogen and oxygen atoms in total. The van der Waals surface area contributed by atoms with Gasteiger partial charge in [-0.05, 0) is 18.1 Å². The Bertz CT molecular complexity index is 487. The lowest BCUT2D eigenvalue weighted by Crippen LogP contribution is -2.26. The second kappa shape index (κ2) is 6.02. The van der Waals surface area contributed by atoms with Crippen LogP contribution in [0.15, 0.2) is 48.7 Å². The maximum atomic E-state index is 9.41. The van der Waals surface area contributed by atoms with E-state index in [0.29, 0.717) is 5.82 Å². The minimum Gasteiger partial charge on any atom is -0.394 e. The molecular formula is C14H17N3O. The molecule has 94 valence electrons. The summed E-state index contributed by atoms with van der Waals surface area (Å²) in [5.74, 6) is 0.469. The molecule has 2 aromatic rings. The van der Waals surface area contributed by atoms with E-state index in [0.717, 1.165) is 12.1 Å². The number of anilines is 2. The van der Waals surface area contributed by atoms with Crippen LogP contribution in [-0.2, 0) is 6.42 Å². The monoisotopic (exact) mass is 243 g/mol. The van der Waals surface area contributed by atoms with Gasteiger partial charge in [0.05, 0.1) is 12.6 Å². The highest BCUT2D eigenvalue weighted by Gasteiger charge is 2.08. The first-order valence-electron chi connectivity index (χ1n) is 5.91. The Hall–Kier alpha value is -2.07. The number of aliphatic hydroxyl groups is 1. The third kappa shape index (κ3) is 3.46. The van der Waals surface area contributed by atoms with Crippen LogP contribution in [0.5, 0.6) is 0 Å². The van der Waals surface area contributed by atoms with E-state index in [1.807, 2.05) is 36.4 Å². The van der Waals surface area contributed by atoms with Crippen LogP contribution in [0.1, 0.15) is 5.56 Å². The molecule has 0 aliphatic heterocycles. The van der Waals surface area contributed by atoms with Gasteiger partial charge in [0, 0.05) is 18.0 Å². The van der Waals surface area contributed by atoms with Gasteiger partial charge >= 0.3 is 0 Å². The number of aromatic nitrogens is 1. The number of pyridine rings is 1. The van der Waals surface area contributed by atoms with Crippen molar-refractivity contribution in [3.05, 3.63) is 54.2 Å². The van der Waals surface area contributed by atoms with Gasteiger partial charge < -0.3 is 16.2 Å². The molecule has 0 aliphatic carbocycles. The molecule has 0 amide bonds. The normalized spacial score (nSPS) is 12.1. The zero-order valence-corrected chi connectivity index (χ0v) is 10.1. The van der Waals surface area contributed by atoms with Crippen molar-refractivity contribution in [2.75, 3.05) is 17.7 Å². The highest BCUT2D eigenvalue weighted by atomic mass is 16.3. The number of nitrogens with zero attached hydrogens (tertiary/aromatic N) is 1. The zero-order valence-electron chi connectivity index (χ0n) is 10.1. The van der Waals surface area contributed by atoms with Crippen LogP contribution in [0.25, 0.3) is 0 Å². The van der Waals surface area contributed by atoms with Gasteiger partial charge in [-0.2, -0.15) is 0 Å². The molecule has 0 aliphatic rings. The summed E-state index contributed by atoms with van der Waals surface area (Å²) in [5.41, 5.74) is 7.67. The molecule has 4 N–H and O–H groups in total. The summed E-state index contributed by atoms with van der Waals surface area (Å²) in [6.07, 6.45) is 2.41. The SMILES string of the molecule is Nc1cc(NC(CO)Cc2ccccc2)ccn1. The first-order chi connectivity index (χ1) is 8.78. The molecule has 18 heavy (non-hydrogen) atoms. The lowest BCUT2D eigenvalue weighted by Gasteiger charge is -2.17. The number of aliphatic hydroxyl groups excluding tert-OH is 1. The number of rotatable bonds is 5. The summed E-state index contributed by atoms with van der Waals surface area (Å²) in [7, 11) is 0. The average molecular weight is 243 g/mol. The predicted molar refractivity (Wildman–Crippen MR) is 73.3 cm³/mol. The maximum Gasteiger partial charge on any atom is 0.125 e. The summed E-state index contributed by atoms with van der Waals surface area (Å²) in [6, 6.07) is 13.6. The highest BCUT2D eigenvalue weighted by molar-refractivity contribution is 5.50. The molecule has 1 heterocycles. The molecule has 0 spiro atoms. The molecule has 1 unspecified atom stereocenters. The van der Waals surface area contributed by atoms with Crippen LogP contribution in [0.2, 0.25) is 0 Å². The number of nitrogen functional groups attached to an aromatic ring is 1. The molecule has 4 heteroatoms. The number of hydrogen-bond acceptors (Lipinski definition) is 4. The first kappa shape index (κ1) is 12.4. The van der Waals surface area contributed by atoms with Crippen molar-refractivity contribution in [1.29, 1.82) is 0 Å². The van der Waals surface area contributed by atoms with Crippen LogP contribution in [0.3, 0.4) is 0 Å². The molecule has 0 bridgehead atoms. The van der Waals surface area contributed by atoms with Crippen molar-refractivity contribution in [2.45, 2.75) is 12.5 Å². The topological polar surface area (TPSA) is 71.2 Å². The minimum absolute atomic E-state index is 0.0331. The van der Waals surface area contributed by atoms with Crippen molar-refractivity contribution in [1.82, 2.24) is 4.98 Å². The van der Waals surface area contributed by atoms with Crippen LogP contribution < -0.4 is 11.1 Å². The van der Waals surface area contributed by atoms with Gasteiger partial charge in [-0.3, -0.25) is 0 Å². The van der Waals surface area contributed by atoms with Crippen molar-refractivity contribution in [2.24, 2.45) is 0 Å². The van der Waals surface area contributed by atoms with Crippen molar-refractivity contribution in [3.63, 3.8) is 0 Å². The standard InChI is InChI=1S/C14H17N3O/c15-14-9-12(6-7-16-14)17-13(10-18)8-11-4-2-1-3-5-11/h1-7,9,13,18H,8,10H2,(H3,15,16,17). The molecule has 1 aromatic heterocycles. The van der Waals surface area contributed by atoms with E-state index in [1.54, 1.807) is 12.3 Å². The number of nitrogens with one attached hydrogen (secondary N) is 1. The fourth-order valence-corrected chi connectivity index (χ4v) is 1.83. The smallest absolute Gasteiger partial charge is 0.125 e. The highest BCUT2D eigenvalue weighted by Crippen LogP contribution is 2.12. The second-order valence-corrected chi connectivity index (χ2v) is 4.18. The number of hydrogen-bond donors (Lipinski definition) is 3. The molecule has 0 saturated heterocycles. The zero-order chi connectivity index (χ0) is 12.8. The summed E-state index contributed by atoms with van der Waals surface area (Å²) in [5, 5.41) is 12.7. The Morgan fingerprint density at radius 1 is 1.22 bits per heavy atom. The minimum atomic E-state index is -0.0331. The van der Waals surface area contributed by atoms with E-state index >= 15 is 0 Å². The van der Waals surface area contributed by atoms with Gasteiger partial charge in [-0.1, -0.05) is 30.3 Å². The van der Waals surface area contributed by atoms with E-state index in [9.17, 15) is 5.11 Å². The van der Waals surface area contributed by atoms with Gasteiger partial charge in [0.15, 0.2) is 0 Å². The fourth-order valence-electron chi connectivity index (χ4n) is 1.83. The third-order valence-corrected chi connectivity index (χ3v) is 2.70. The maximum absolute atomic E-state index is 9.41. The number of nitrogens with two attached hydrogens (primary N) is 1. The largest absolute Gasteiger partial charge is 0.394 e. The third-order valence-electron chi connectivity index (χ3n) is 2.70. The van der Waals surface area contributed by atoms with Gasteiger partial charge in [0.25, 0.3) is 0 Å². The fraction of sp³-hybridized carbons (Fsp3) is 0.214. The summed E-state index contributed by atoms with van der Waals surface area (Å²) in [4.78, 5) is 3.93. The lowest BCUT2D eigenvalue weighted by atomic mass is 10.1. The molecule has 1 atom stereocenters. The summed E-state index contributed by atoms with van der Waals surface area (Å²) in [6.45, 7) is 0.0666. The van der Waals surface area contributed by atoms with E-state index in [4.69, 9.17) is 5.73 Å². The molecule has 0 fully saturated rings. The molecule has 0 saturated carbocycles. The molecular weight excluding hydrogens is 226 g/mol. The van der Waals surface area contributed by atoms with Gasteiger partial charge in [-0.15, -0.1) is 0 Å². The Labute approximate surface area is 106 Å². The second-order valence-electron chi connectivity index (χ2n) is 4.18. The van der Waals surface area contributed by atoms with E-state index in [1.165, 1.54) is 5.56 Å². The van der Waals surface area contributed by atoms with E-state index < -0.39 is 0 Å². The van der Waals surface area contributed by atoms with Crippen molar-refractivity contribution in [3.8, 4) is 0 Å². The van der Waals surface area contributed by atoms with Crippen LogP contribution in [-0.4, -0.2) is 22.7 Å². The van der Waals surface area contributed by atoms with Gasteiger partial charge in [-0.25, -0.2) is 4.98 Å². The van der Waals surface area contributed by atoms with Crippen molar-refractivity contribution < 1.29 is 5.11 Å². The van der Waals surface area contributed by atoms with E-state index in [-0.39, 0.29) is 12.6 Å². The van der Waals surface area contributed by atoms with E-state index in [2.05, 4.69) is 10.3 Å². The Morgan fingerprint density at radius 2 is 2.00 bits per heavy atom. The van der Waals surface area contributed by atoms with Gasteiger partial charge in [0.2, 0.25) is 0 Å². The van der Waals surface area contributed by atoms with Crippen LogP contribution >= 0.6 is 0 Å². The lowest BCUT2D eigenvalue weighted by molar-refractivity contribution is 0.273. The van der Waals surface area contributed by atoms with Gasteiger partial charge in [0.1, 0.15) is 5.82 Å². The molecule has 2 rings (SSSR count). The Kier molecular flexibility index (Phi) is 4.15. The summed E-state index contributed by atoms with van der Waals surface area (Å²) >= 11 is 0. The molecule has 1 aromatic carbocycles. The van der Waals surface area contributed by atoms with Crippen LogP contribution in [0.4, 0.5) is 11.5 Å².